The van der Waals surface area contributed by atoms with Gasteiger partial charge in [0.25, 0.3) is 0 Å². The van der Waals surface area contributed by atoms with Crippen molar-refractivity contribution in [1.82, 2.24) is 0 Å². The van der Waals surface area contributed by atoms with Crippen molar-refractivity contribution in [3.63, 3.8) is 0 Å². The molecule has 1 nitrogen and oxygen atoms in total. The Balaban J connectivity index is 2.64. The van der Waals surface area contributed by atoms with Crippen LogP contribution in [-0.4, -0.2) is 11.3 Å². The molecular formula is C24H3BF17O-. The number of hydrogen-bond donors (Lipinski definition) is 1. The van der Waals surface area contributed by atoms with E-state index in [2.05, 4.69) is 0 Å². The predicted octanol–water partition coefficient (Wildman–Crippen LogP) is 5.13. The molecule has 228 valence electrons. The van der Waals surface area contributed by atoms with Gasteiger partial charge in [-0.25, -0.2) is 74.6 Å². The summed E-state index contributed by atoms with van der Waals surface area (Å²) in [7, 11) is 0. The molecule has 19 heteroatoms. The van der Waals surface area contributed by atoms with Crippen LogP contribution in [0.2, 0.25) is 0 Å². The van der Waals surface area contributed by atoms with E-state index in [-0.39, 0.29) is 0 Å². The van der Waals surface area contributed by atoms with Gasteiger partial charge in [-0.1, -0.05) is 0 Å². The standard InChI is InChI=1S/C24H3BF17O/c26-4-1-3(43)2-5(27)6(4)25(7-10(28)16(34)22(40)17(35)11(7)29,8-12(30)18(36)23(41)19(37)13(8)31)9-14(32)20(38)24(42)21(39)15(9)33/h1-2,43H/q-1. The number of hydrogen-bond acceptors (Lipinski definition) is 1. The maximum Gasteiger partial charge on any atom is 0.200 e. The first-order chi connectivity index (χ1) is 19.8. The second-order valence-electron chi connectivity index (χ2n) is 8.64. The second kappa shape index (κ2) is 10.4. The van der Waals surface area contributed by atoms with E-state index in [0.717, 1.165) is 0 Å². The molecule has 0 amide bonds. The summed E-state index contributed by atoms with van der Waals surface area (Å²) in [5.74, 6) is -57.3. The SMILES string of the molecule is Oc1cc(F)c([B-](c2c(F)c(F)c(F)c(F)c2F)(c2c(F)c(F)c(F)c(F)c2F)c2c(F)c(F)c(F)c(F)c2F)c(F)c1. The van der Waals surface area contributed by atoms with Crippen LogP contribution in [0.1, 0.15) is 0 Å². The van der Waals surface area contributed by atoms with Crippen LogP contribution in [0.3, 0.4) is 0 Å². The molecule has 0 atom stereocenters. The van der Waals surface area contributed by atoms with Crippen LogP contribution in [0.5, 0.6) is 5.75 Å². The lowest BCUT2D eigenvalue weighted by Gasteiger charge is -2.44. The molecule has 0 spiro atoms. The van der Waals surface area contributed by atoms with Crippen molar-refractivity contribution in [3.05, 3.63) is 111 Å². The lowest BCUT2D eigenvalue weighted by molar-refractivity contribution is 0.379. The molecule has 0 saturated carbocycles. The van der Waals surface area contributed by atoms with Crippen molar-refractivity contribution >= 4 is 28.0 Å². The van der Waals surface area contributed by atoms with Gasteiger partial charge in [-0.05, 0) is 0 Å². The Morgan fingerprint density at radius 3 is 0.698 bits per heavy atom. The summed E-state index contributed by atoms with van der Waals surface area (Å²) in [4.78, 5) is 0. The molecule has 0 saturated heterocycles. The fourth-order valence-corrected chi connectivity index (χ4v) is 4.86. The number of halogens is 17. The third-order valence-electron chi connectivity index (χ3n) is 6.53. The number of phenolic OH excluding ortho intramolecular Hbond substituents is 1. The Hall–Kier alpha value is -4.45. The third-order valence-corrected chi connectivity index (χ3v) is 6.53. The van der Waals surface area contributed by atoms with Gasteiger partial charge in [-0.3, -0.25) is 0 Å². The van der Waals surface area contributed by atoms with Crippen molar-refractivity contribution in [3.8, 4) is 5.75 Å². The first-order valence-corrected chi connectivity index (χ1v) is 10.7. The molecule has 4 rings (SSSR count). The maximum atomic E-state index is 15.4. The molecule has 43 heavy (non-hydrogen) atoms. The Morgan fingerprint density at radius 2 is 0.488 bits per heavy atom. The summed E-state index contributed by atoms with van der Waals surface area (Å²) in [6, 6.07) is -0.863. The first kappa shape index (κ1) is 31.5. The van der Waals surface area contributed by atoms with E-state index in [9.17, 15) is 44.6 Å². The van der Waals surface area contributed by atoms with Crippen LogP contribution in [0, 0.1) is 98.9 Å². The van der Waals surface area contributed by atoms with Gasteiger partial charge in [-0.2, -0.15) is 0 Å². The van der Waals surface area contributed by atoms with Crippen LogP contribution in [0.4, 0.5) is 74.6 Å². The van der Waals surface area contributed by atoms with Crippen LogP contribution < -0.4 is 21.9 Å². The van der Waals surface area contributed by atoms with E-state index >= 15 is 35.1 Å². The third kappa shape index (κ3) is 4.10. The topological polar surface area (TPSA) is 20.2 Å². The van der Waals surface area contributed by atoms with Gasteiger partial charge in [0, 0.05) is 12.1 Å². The van der Waals surface area contributed by atoms with Gasteiger partial charge < -0.3 is 5.11 Å². The quantitative estimate of drug-likeness (QED) is 0.142. The summed E-state index contributed by atoms with van der Waals surface area (Å²) >= 11 is 0. The predicted molar refractivity (Wildman–Crippen MR) is 111 cm³/mol. The van der Waals surface area contributed by atoms with Gasteiger partial charge in [-0.15, -0.1) is 21.9 Å². The molecule has 0 aliphatic rings. The van der Waals surface area contributed by atoms with Gasteiger partial charge in [0.1, 0.15) is 46.8 Å². The summed E-state index contributed by atoms with van der Waals surface area (Å²) < 4.78 is 251. The van der Waals surface area contributed by atoms with Crippen LogP contribution in [0.25, 0.3) is 0 Å². The van der Waals surface area contributed by atoms with Gasteiger partial charge >= 0.3 is 0 Å². The molecule has 0 aliphatic carbocycles. The molecule has 4 aromatic carbocycles. The minimum Gasteiger partial charge on any atom is -0.508 e. The van der Waals surface area contributed by atoms with E-state index < -0.39 is 145 Å². The highest BCUT2D eigenvalue weighted by molar-refractivity contribution is 7.20. The molecule has 0 aromatic heterocycles. The van der Waals surface area contributed by atoms with E-state index in [0.29, 0.717) is 0 Å². The van der Waals surface area contributed by atoms with Crippen LogP contribution >= 0.6 is 0 Å². The van der Waals surface area contributed by atoms with Gasteiger partial charge in [0.2, 0.25) is 0 Å². The Morgan fingerprint density at radius 1 is 0.302 bits per heavy atom. The van der Waals surface area contributed by atoms with Crippen molar-refractivity contribution in [2.45, 2.75) is 0 Å². The minimum absolute atomic E-state index is 0.431. The Bertz CT molecular complexity index is 1590. The monoisotopic (exact) mass is 641 g/mol. The zero-order valence-corrected chi connectivity index (χ0v) is 19.6. The second-order valence-corrected chi connectivity index (χ2v) is 8.64. The highest BCUT2D eigenvalue weighted by atomic mass is 19.2. The molecule has 0 fully saturated rings. The smallest absolute Gasteiger partial charge is 0.200 e. The Kier molecular flexibility index (Phi) is 7.60. The van der Waals surface area contributed by atoms with E-state index in [1.165, 1.54) is 0 Å². The maximum absolute atomic E-state index is 15.4. The normalized spacial score (nSPS) is 11.9. The van der Waals surface area contributed by atoms with E-state index in [1.807, 2.05) is 0 Å². The molecule has 0 radical (unpaired) electrons. The number of aromatic hydroxyl groups is 1. The average Bonchev–Trinajstić information content (AvgIpc) is 2.94. The minimum atomic E-state index is -6.64. The molecular weight excluding hydrogens is 638 g/mol. The fourth-order valence-electron chi connectivity index (χ4n) is 4.86. The molecule has 0 unspecified atom stereocenters. The molecule has 0 aliphatic heterocycles. The number of rotatable bonds is 4. The molecule has 0 bridgehead atoms. The summed E-state index contributed by atoms with van der Waals surface area (Å²) in [5, 5.41) is 9.47. The summed E-state index contributed by atoms with van der Waals surface area (Å²) in [6.45, 7) is 0. The van der Waals surface area contributed by atoms with Crippen LogP contribution in [0.15, 0.2) is 12.1 Å². The van der Waals surface area contributed by atoms with Crippen molar-refractivity contribution in [2.75, 3.05) is 0 Å². The van der Waals surface area contributed by atoms with Gasteiger partial charge in [0.05, 0.1) is 11.6 Å². The summed E-state index contributed by atoms with van der Waals surface area (Å²) in [6.07, 6.45) is -6.64. The lowest BCUT2D eigenvalue weighted by atomic mass is 9.12. The zero-order chi connectivity index (χ0) is 32.6. The van der Waals surface area contributed by atoms with Crippen LogP contribution in [-0.2, 0) is 0 Å². The van der Waals surface area contributed by atoms with E-state index in [4.69, 9.17) is 0 Å². The van der Waals surface area contributed by atoms with Crippen molar-refractivity contribution < 1.29 is 79.7 Å². The Labute approximate surface area is 225 Å². The van der Waals surface area contributed by atoms with Crippen molar-refractivity contribution in [2.24, 2.45) is 0 Å². The molecule has 4 aromatic rings. The molecule has 0 heterocycles. The number of benzene rings is 4. The van der Waals surface area contributed by atoms with Crippen molar-refractivity contribution in [1.29, 1.82) is 0 Å². The average molecular weight is 641 g/mol. The zero-order valence-electron chi connectivity index (χ0n) is 19.6. The first-order valence-electron chi connectivity index (χ1n) is 10.7. The van der Waals surface area contributed by atoms with E-state index in [1.54, 1.807) is 0 Å². The number of phenols is 1. The largest absolute Gasteiger partial charge is 0.508 e. The fraction of sp³-hybridized carbons (Fsp3) is 0. The molecule has 1 N–H and O–H groups in total. The lowest BCUT2D eigenvalue weighted by Crippen LogP contribution is -2.80. The highest BCUT2D eigenvalue weighted by Crippen LogP contribution is 2.30. The highest BCUT2D eigenvalue weighted by Gasteiger charge is 2.51. The summed E-state index contributed by atoms with van der Waals surface area (Å²) in [5.41, 5.74) is -12.4. The van der Waals surface area contributed by atoms with Gasteiger partial charge in [0.15, 0.2) is 52.4 Å².